The van der Waals surface area contributed by atoms with Crippen molar-refractivity contribution in [2.24, 2.45) is 0 Å². The van der Waals surface area contributed by atoms with Crippen LogP contribution in [0.3, 0.4) is 0 Å². The summed E-state index contributed by atoms with van der Waals surface area (Å²) in [5.74, 6) is 0. The Morgan fingerprint density at radius 1 is 1.10 bits per heavy atom. The van der Waals surface area contributed by atoms with Crippen molar-refractivity contribution in [2.45, 2.75) is 51.9 Å². The monoisotopic (exact) mass is 527 g/mol. The third-order valence-corrected chi connectivity index (χ3v) is 7.91. The fraction of sp³-hybridized carbons (Fsp3) is 0.333. The van der Waals surface area contributed by atoms with Gasteiger partial charge in [-0.2, -0.15) is 0 Å². The summed E-state index contributed by atoms with van der Waals surface area (Å²) >= 11 is -0.579. The van der Waals surface area contributed by atoms with Crippen molar-refractivity contribution in [3.05, 3.63) is 89.0 Å². The van der Waals surface area contributed by atoms with E-state index in [4.69, 9.17) is 0 Å². The molecule has 0 bridgehead atoms. The summed E-state index contributed by atoms with van der Waals surface area (Å²) in [5, 5.41) is 0. The van der Waals surface area contributed by atoms with Gasteiger partial charge in [0.15, 0.2) is 0 Å². The van der Waals surface area contributed by atoms with Crippen LogP contribution in [0.25, 0.3) is 5.70 Å². The van der Waals surface area contributed by atoms with E-state index in [1.54, 1.807) is 18.2 Å². The van der Waals surface area contributed by atoms with Gasteiger partial charge in [0.2, 0.25) is 0 Å². The van der Waals surface area contributed by atoms with Crippen molar-refractivity contribution >= 4 is 5.70 Å². The van der Waals surface area contributed by atoms with Gasteiger partial charge in [0.1, 0.15) is 0 Å². The zero-order valence-electron chi connectivity index (χ0n) is 17.4. The molecule has 0 aliphatic carbocycles. The predicted molar refractivity (Wildman–Crippen MR) is 112 cm³/mol. The molecule has 2 atom stereocenters. The zero-order chi connectivity index (χ0) is 21.7. The molecular formula is C24H27F3IN2-. The van der Waals surface area contributed by atoms with Crippen LogP contribution < -0.4 is 25.3 Å². The Bertz CT molecular complexity index is 921. The summed E-state index contributed by atoms with van der Waals surface area (Å²) in [4.78, 5) is 0. The van der Waals surface area contributed by atoms with E-state index in [2.05, 4.69) is 56.9 Å². The Labute approximate surface area is 187 Å². The number of allylic oxidation sites excluding steroid dienone is 1. The Morgan fingerprint density at radius 2 is 1.83 bits per heavy atom. The van der Waals surface area contributed by atoms with Crippen molar-refractivity contribution in [2.75, 3.05) is 0 Å². The van der Waals surface area contributed by atoms with Crippen LogP contribution >= 0.6 is 0 Å². The molecule has 2 aromatic carbocycles. The van der Waals surface area contributed by atoms with Crippen molar-refractivity contribution in [3.8, 4) is 0 Å². The second-order valence-corrected chi connectivity index (χ2v) is 9.52. The van der Waals surface area contributed by atoms with Crippen LogP contribution in [0.5, 0.6) is 0 Å². The van der Waals surface area contributed by atoms with E-state index in [-0.39, 0.29) is 17.6 Å². The topological polar surface area (TPSA) is 15.3 Å². The molecule has 2 nitrogen and oxygen atoms in total. The number of halogens is 4. The van der Waals surface area contributed by atoms with Crippen molar-refractivity contribution in [3.63, 3.8) is 0 Å². The summed E-state index contributed by atoms with van der Waals surface area (Å²) < 4.78 is 44.5. The molecule has 1 aliphatic rings. The Kier molecular flexibility index (Phi) is 7.63. The average Bonchev–Trinajstić information content (AvgIpc) is 2.90. The second kappa shape index (κ2) is 10.0. The normalized spacial score (nSPS) is 20.6. The van der Waals surface area contributed by atoms with Gasteiger partial charge < -0.3 is 0 Å². The molecule has 1 aliphatic heterocycles. The molecule has 0 saturated carbocycles. The van der Waals surface area contributed by atoms with Gasteiger partial charge in [0.25, 0.3) is 0 Å². The van der Waals surface area contributed by atoms with Crippen LogP contribution in [0.2, 0.25) is 0 Å². The first-order chi connectivity index (χ1) is 14.3. The fourth-order valence-electron chi connectivity index (χ4n) is 3.50. The Balaban J connectivity index is 1.81. The first kappa shape index (κ1) is 22.9. The number of hydrogen-bond acceptors (Lipinski definition) is 2. The standard InChI is InChI=1S/C24H27F3IN2/c1-4-18-8-6-10-20(14-18)22-13-12-17(3)30(28-29-22)23(5-2)21-11-7-9-19(15-21)16-24(25,26)27/h5-15,17,22,29H,4,16H2,1-3H3/q-1/b23-5-. The maximum atomic E-state index is 12.8. The number of aryl methyl sites for hydroxylation is 1. The number of nitrogens with one attached hydrogen (secondary N) is 1. The van der Waals surface area contributed by atoms with Gasteiger partial charge in [0.05, 0.1) is 0 Å². The summed E-state index contributed by atoms with van der Waals surface area (Å²) in [5.41, 5.74) is 4.64. The number of alkyl halides is 3. The van der Waals surface area contributed by atoms with E-state index in [1.807, 2.05) is 19.1 Å². The van der Waals surface area contributed by atoms with E-state index in [0.29, 0.717) is 0 Å². The van der Waals surface area contributed by atoms with Gasteiger partial charge in [-0.3, -0.25) is 0 Å². The average molecular weight is 527 g/mol. The molecule has 30 heavy (non-hydrogen) atoms. The molecule has 1 heterocycles. The molecule has 0 radical (unpaired) electrons. The molecule has 0 saturated heterocycles. The minimum atomic E-state index is -4.21. The number of benzene rings is 2. The molecule has 162 valence electrons. The van der Waals surface area contributed by atoms with Crippen molar-refractivity contribution in [1.82, 2.24) is 6.64 Å². The van der Waals surface area contributed by atoms with E-state index >= 15 is 0 Å². The quantitative estimate of drug-likeness (QED) is 0.365. The first-order valence-corrected chi connectivity index (χ1v) is 12.1. The summed E-state index contributed by atoms with van der Waals surface area (Å²) in [6.07, 6.45) is 2.27. The van der Waals surface area contributed by atoms with E-state index in [1.165, 1.54) is 11.1 Å². The summed E-state index contributed by atoms with van der Waals surface area (Å²) in [6.45, 7) is 6.22. The van der Waals surface area contributed by atoms with Gasteiger partial charge in [-0.1, -0.05) is 0 Å². The second-order valence-electron chi connectivity index (χ2n) is 7.37. The Morgan fingerprint density at radius 3 is 2.53 bits per heavy atom. The van der Waals surface area contributed by atoms with Gasteiger partial charge in [0, 0.05) is 0 Å². The fourth-order valence-corrected chi connectivity index (χ4v) is 6.11. The Hall–Kier alpha value is -1.80. The number of nitrogens with zero attached hydrogens (tertiary/aromatic N) is 1. The molecule has 0 fully saturated rings. The van der Waals surface area contributed by atoms with Crippen LogP contribution in [-0.2, 0) is 12.8 Å². The van der Waals surface area contributed by atoms with Crippen LogP contribution in [0.4, 0.5) is 13.2 Å². The van der Waals surface area contributed by atoms with Crippen LogP contribution in [0.15, 0.2) is 66.8 Å². The van der Waals surface area contributed by atoms with Gasteiger partial charge >= 0.3 is 188 Å². The van der Waals surface area contributed by atoms with Crippen LogP contribution in [-0.4, -0.2) is 15.3 Å². The molecule has 1 N–H and O–H groups in total. The first-order valence-electron chi connectivity index (χ1n) is 10.1. The number of hydrogen-bond donors (Lipinski definition) is 1. The van der Waals surface area contributed by atoms with Crippen molar-refractivity contribution in [1.29, 1.82) is 0 Å². The van der Waals surface area contributed by atoms with Crippen molar-refractivity contribution < 1.29 is 34.9 Å². The van der Waals surface area contributed by atoms with Crippen LogP contribution in [0.1, 0.15) is 49.1 Å². The van der Waals surface area contributed by atoms with Gasteiger partial charge in [-0.25, -0.2) is 0 Å². The predicted octanol–water partition coefficient (Wildman–Crippen LogP) is 3.22. The third-order valence-electron chi connectivity index (χ3n) is 5.05. The van der Waals surface area contributed by atoms with E-state index < -0.39 is 34.3 Å². The van der Waals surface area contributed by atoms with Gasteiger partial charge in [-0.15, -0.1) is 0 Å². The molecule has 0 aromatic heterocycles. The van der Waals surface area contributed by atoms with E-state index in [0.717, 1.165) is 17.7 Å². The molecule has 6 heteroatoms. The molecular weight excluding hydrogens is 500 g/mol. The summed E-state index contributed by atoms with van der Waals surface area (Å²) in [6, 6.07) is 15.7. The minimum absolute atomic E-state index is 0.145. The van der Waals surface area contributed by atoms with Crippen LogP contribution in [0, 0.1) is 0 Å². The zero-order valence-corrected chi connectivity index (χ0v) is 19.5. The molecule has 3 rings (SSSR count). The molecule has 2 aromatic rings. The molecule has 2 unspecified atom stereocenters. The maximum absolute atomic E-state index is 12.8. The third kappa shape index (κ3) is 5.88. The van der Waals surface area contributed by atoms with E-state index in [9.17, 15) is 13.2 Å². The SMILES string of the molecule is C/C=C(/c1cccc(CC(F)(F)F)c1)N1[I-]NC(c2cccc(CC)c2)C=CC1C. The summed E-state index contributed by atoms with van der Waals surface area (Å²) in [7, 11) is 0. The molecule has 0 amide bonds. The number of rotatable bonds is 5. The van der Waals surface area contributed by atoms with Gasteiger partial charge in [-0.05, 0) is 0 Å². The molecule has 0 spiro atoms.